The van der Waals surface area contributed by atoms with Gasteiger partial charge in [0.1, 0.15) is 6.04 Å². The highest BCUT2D eigenvalue weighted by Gasteiger charge is 2.24. The van der Waals surface area contributed by atoms with Crippen LogP contribution in [0.15, 0.2) is 35.5 Å². The lowest BCUT2D eigenvalue weighted by atomic mass is 10.2. The van der Waals surface area contributed by atoms with Crippen molar-refractivity contribution in [3.8, 4) is 0 Å². The number of hydrogen-bond donors (Lipinski definition) is 0. The van der Waals surface area contributed by atoms with E-state index in [0.717, 1.165) is 4.88 Å². The van der Waals surface area contributed by atoms with Gasteiger partial charge in [-0.05, 0) is 32.0 Å². The van der Waals surface area contributed by atoms with E-state index >= 15 is 0 Å². The van der Waals surface area contributed by atoms with Gasteiger partial charge >= 0.3 is 0 Å². The lowest BCUT2D eigenvalue weighted by Gasteiger charge is -2.29. The molecule has 1 saturated heterocycles. The van der Waals surface area contributed by atoms with Gasteiger partial charge in [0, 0.05) is 34.7 Å². The van der Waals surface area contributed by atoms with Gasteiger partial charge in [0.05, 0.1) is 13.2 Å². The van der Waals surface area contributed by atoms with Crippen LogP contribution in [0, 0.1) is 6.92 Å². The van der Waals surface area contributed by atoms with Crippen molar-refractivity contribution >= 4 is 34.8 Å². The van der Waals surface area contributed by atoms with Crippen molar-refractivity contribution in [2.24, 2.45) is 4.99 Å². The number of amides is 2. The molecule has 26 heavy (non-hydrogen) atoms. The van der Waals surface area contributed by atoms with Crippen molar-refractivity contribution in [3.63, 3.8) is 0 Å². The monoisotopic (exact) mass is 393 g/mol. The summed E-state index contributed by atoms with van der Waals surface area (Å²) in [5.74, 6) is -0.378. The number of benzene rings is 1. The van der Waals surface area contributed by atoms with Crippen molar-refractivity contribution in [3.05, 3.63) is 50.7 Å². The molecule has 1 atom stereocenters. The third-order valence-corrected chi connectivity index (χ3v) is 5.31. The zero-order valence-corrected chi connectivity index (χ0v) is 16.2. The molecule has 0 bridgehead atoms. The molecule has 2 amide bonds. The number of ether oxygens (including phenoxy) is 1. The number of aryl methyl sites for hydroxylation is 1. The Kier molecular flexibility index (Phi) is 5.90. The van der Waals surface area contributed by atoms with Crippen LogP contribution in [0.2, 0.25) is 5.02 Å². The number of rotatable bonds is 3. The van der Waals surface area contributed by atoms with Crippen LogP contribution in [0.1, 0.15) is 28.2 Å². The third kappa shape index (κ3) is 4.23. The molecule has 2 heterocycles. The lowest BCUT2D eigenvalue weighted by molar-refractivity contribution is -0.138. The molecule has 138 valence electrons. The molecule has 0 saturated carbocycles. The zero-order valence-electron chi connectivity index (χ0n) is 14.6. The van der Waals surface area contributed by atoms with Crippen molar-refractivity contribution in [2.45, 2.75) is 19.9 Å². The molecule has 1 aliphatic rings. The fraction of sp³-hybridized carbons (Fsp3) is 0.389. The summed E-state index contributed by atoms with van der Waals surface area (Å²) in [6.45, 7) is 6.02. The number of carbonyl (C=O) groups excluding carboxylic acids is 2. The molecule has 2 aromatic rings. The Hall–Kier alpha value is -1.96. The summed E-state index contributed by atoms with van der Waals surface area (Å²) >= 11 is 7.33. The molecular formula is C18H20ClN3O3S. The maximum Gasteiger partial charge on any atom is 0.279 e. The molecule has 0 spiro atoms. The minimum atomic E-state index is -0.441. The van der Waals surface area contributed by atoms with E-state index in [-0.39, 0.29) is 11.8 Å². The standard InChI is InChI=1S/C18H20ClN3O3S/c1-12-11-22(13(2)17(24)21-6-8-25-9-7-21)18(26-12)20-16(23)14-4-3-5-15(19)10-14/h3-5,10-11,13H,6-9H2,1-2H3. The van der Waals surface area contributed by atoms with Gasteiger partial charge in [0.2, 0.25) is 5.91 Å². The van der Waals surface area contributed by atoms with Crippen molar-refractivity contribution in [1.29, 1.82) is 0 Å². The Morgan fingerprint density at radius 3 is 2.73 bits per heavy atom. The van der Waals surface area contributed by atoms with Crippen LogP contribution in [0.3, 0.4) is 0 Å². The van der Waals surface area contributed by atoms with Crippen LogP contribution in [-0.4, -0.2) is 47.6 Å². The number of halogens is 1. The van der Waals surface area contributed by atoms with E-state index < -0.39 is 6.04 Å². The number of aromatic nitrogens is 1. The molecule has 6 nitrogen and oxygen atoms in total. The van der Waals surface area contributed by atoms with Crippen LogP contribution in [0.4, 0.5) is 0 Å². The summed E-state index contributed by atoms with van der Waals surface area (Å²) in [5, 5.41) is 0.483. The largest absolute Gasteiger partial charge is 0.378 e. The molecule has 3 rings (SSSR count). The van der Waals surface area contributed by atoms with Crippen LogP contribution in [0.5, 0.6) is 0 Å². The minimum Gasteiger partial charge on any atom is -0.378 e. The quantitative estimate of drug-likeness (QED) is 0.805. The predicted octanol–water partition coefficient (Wildman–Crippen LogP) is 2.67. The number of nitrogens with zero attached hydrogens (tertiary/aromatic N) is 3. The predicted molar refractivity (Wildman–Crippen MR) is 101 cm³/mol. The lowest BCUT2D eigenvalue weighted by Crippen LogP contribution is -2.44. The highest BCUT2D eigenvalue weighted by molar-refractivity contribution is 7.09. The Morgan fingerprint density at radius 2 is 2.04 bits per heavy atom. The fourth-order valence-electron chi connectivity index (χ4n) is 2.77. The summed E-state index contributed by atoms with van der Waals surface area (Å²) in [5.41, 5.74) is 0.419. The van der Waals surface area contributed by atoms with Crippen LogP contribution in [0.25, 0.3) is 0 Å². The molecule has 8 heteroatoms. The van der Waals surface area contributed by atoms with Gasteiger partial charge in [0.25, 0.3) is 5.91 Å². The summed E-state index contributed by atoms with van der Waals surface area (Å²) in [6.07, 6.45) is 1.86. The molecule has 1 fully saturated rings. The molecule has 0 aliphatic carbocycles. The SMILES string of the molecule is Cc1cn(C(C)C(=O)N2CCOCC2)c(=NC(=O)c2cccc(Cl)c2)s1. The number of carbonyl (C=O) groups is 2. The number of thiazole rings is 1. The van der Waals surface area contributed by atoms with Gasteiger partial charge in [0.15, 0.2) is 4.80 Å². The molecule has 1 aromatic carbocycles. The summed E-state index contributed by atoms with van der Waals surface area (Å²) in [4.78, 5) is 32.7. The number of hydrogen-bond acceptors (Lipinski definition) is 4. The summed E-state index contributed by atoms with van der Waals surface area (Å²) in [6, 6.07) is 6.23. The van der Waals surface area contributed by atoms with Crippen molar-refractivity contribution < 1.29 is 14.3 Å². The number of morpholine rings is 1. The third-order valence-electron chi connectivity index (χ3n) is 4.16. The Balaban J connectivity index is 1.89. The highest BCUT2D eigenvalue weighted by atomic mass is 35.5. The maximum absolute atomic E-state index is 12.8. The molecular weight excluding hydrogens is 374 g/mol. The first kappa shape index (κ1) is 18.8. The van der Waals surface area contributed by atoms with E-state index in [0.29, 0.717) is 41.7 Å². The van der Waals surface area contributed by atoms with Crippen LogP contribution < -0.4 is 4.80 Å². The van der Waals surface area contributed by atoms with Crippen LogP contribution >= 0.6 is 22.9 Å². The molecule has 1 aromatic heterocycles. The second kappa shape index (κ2) is 8.16. The zero-order chi connectivity index (χ0) is 18.7. The first-order chi connectivity index (χ1) is 12.5. The molecule has 1 unspecified atom stereocenters. The van der Waals surface area contributed by atoms with Gasteiger partial charge in [-0.2, -0.15) is 4.99 Å². The Labute approximate surface area is 160 Å². The van der Waals surface area contributed by atoms with Crippen molar-refractivity contribution in [2.75, 3.05) is 26.3 Å². The van der Waals surface area contributed by atoms with E-state index in [2.05, 4.69) is 4.99 Å². The van der Waals surface area contributed by atoms with E-state index in [9.17, 15) is 9.59 Å². The molecule has 1 aliphatic heterocycles. The summed E-state index contributed by atoms with van der Waals surface area (Å²) < 4.78 is 7.07. The van der Waals surface area contributed by atoms with E-state index in [1.807, 2.05) is 20.0 Å². The van der Waals surface area contributed by atoms with Gasteiger partial charge in [-0.3, -0.25) is 9.59 Å². The van der Waals surface area contributed by atoms with Crippen LogP contribution in [-0.2, 0) is 9.53 Å². The minimum absolute atomic E-state index is 0.00255. The highest BCUT2D eigenvalue weighted by Crippen LogP contribution is 2.15. The average molecular weight is 394 g/mol. The second-order valence-electron chi connectivity index (χ2n) is 6.07. The Morgan fingerprint density at radius 1 is 1.31 bits per heavy atom. The molecule has 0 N–H and O–H groups in total. The average Bonchev–Trinajstić information content (AvgIpc) is 3.01. The van der Waals surface area contributed by atoms with Gasteiger partial charge in [-0.15, -0.1) is 11.3 Å². The van der Waals surface area contributed by atoms with E-state index in [4.69, 9.17) is 16.3 Å². The normalized spacial score (nSPS) is 16.6. The Bertz CT molecular complexity index is 884. The molecule has 0 radical (unpaired) electrons. The second-order valence-corrected chi connectivity index (χ2v) is 7.72. The first-order valence-corrected chi connectivity index (χ1v) is 9.55. The van der Waals surface area contributed by atoms with E-state index in [1.54, 1.807) is 33.7 Å². The topological polar surface area (TPSA) is 63.9 Å². The van der Waals surface area contributed by atoms with Gasteiger partial charge in [-0.25, -0.2) is 0 Å². The van der Waals surface area contributed by atoms with Gasteiger partial charge in [-0.1, -0.05) is 17.7 Å². The first-order valence-electron chi connectivity index (χ1n) is 8.35. The maximum atomic E-state index is 12.8. The smallest absolute Gasteiger partial charge is 0.279 e. The summed E-state index contributed by atoms with van der Waals surface area (Å²) in [7, 11) is 0. The van der Waals surface area contributed by atoms with Gasteiger partial charge < -0.3 is 14.2 Å². The van der Waals surface area contributed by atoms with Crippen molar-refractivity contribution in [1.82, 2.24) is 9.47 Å². The van der Waals surface area contributed by atoms with E-state index in [1.165, 1.54) is 11.3 Å². The fourth-order valence-corrected chi connectivity index (χ4v) is 3.86.